The number of nitrogens with zero attached hydrogens (tertiary/aromatic N) is 1. The van der Waals surface area contributed by atoms with Gasteiger partial charge in [0.2, 0.25) is 10.0 Å². The van der Waals surface area contributed by atoms with Crippen LogP contribution in [-0.4, -0.2) is 19.0 Å². The molecule has 24 heavy (non-hydrogen) atoms. The first-order chi connectivity index (χ1) is 11.5. The number of benzene rings is 2. The highest BCUT2D eigenvalue weighted by molar-refractivity contribution is 7.89. The second-order valence-electron chi connectivity index (χ2n) is 6.04. The first-order valence-electron chi connectivity index (χ1n) is 7.62. The van der Waals surface area contributed by atoms with Crippen LogP contribution in [0.2, 0.25) is 0 Å². The minimum atomic E-state index is -3.65. The van der Waals surface area contributed by atoms with Gasteiger partial charge in [-0.15, -0.1) is 0 Å². The van der Waals surface area contributed by atoms with Gasteiger partial charge in [-0.3, -0.25) is 4.57 Å². The molecule has 0 spiro atoms. The Morgan fingerprint density at radius 1 is 1.17 bits per heavy atom. The van der Waals surface area contributed by atoms with Crippen molar-refractivity contribution in [2.45, 2.75) is 23.3 Å². The van der Waals surface area contributed by atoms with Crippen molar-refractivity contribution < 1.29 is 12.8 Å². The van der Waals surface area contributed by atoms with Crippen molar-refractivity contribution in [2.75, 3.05) is 0 Å². The van der Waals surface area contributed by atoms with Crippen LogP contribution in [0, 0.1) is 0 Å². The summed E-state index contributed by atoms with van der Waals surface area (Å²) >= 11 is 0. The smallest absolute Gasteiger partial charge is 0.408 e. The van der Waals surface area contributed by atoms with Crippen molar-refractivity contribution in [3.05, 3.63) is 64.6 Å². The molecular weight excluding hydrogens is 328 g/mol. The fourth-order valence-electron chi connectivity index (χ4n) is 2.94. The molecule has 0 bridgehead atoms. The van der Waals surface area contributed by atoms with Gasteiger partial charge in [0.15, 0.2) is 5.58 Å². The number of nitrogens with one attached hydrogen (secondary N) is 1. The lowest BCUT2D eigenvalue weighted by molar-refractivity contribution is 0.527. The average Bonchev–Trinajstić information content (AvgIpc) is 3.26. The maximum atomic E-state index is 12.6. The molecule has 1 N–H and O–H groups in total. The largest absolute Gasteiger partial charge is 0.419 e. The Labute approximate surface area is 138 Å². The number of hydrogen-bond acceptors (Lipinski definition) is 4. The first kappa shape index (κ1) is 15.2. The molecule has 1 fully saturated rings. The molecule has 2 aromatic carbocycles. The number of fused-ring (bicyclic) bond motifs is 1. The van der Waals surface area contributed by atoms with E-state index >= 15 is 0 Å². The highest BCUT2D eigenvalue weighted by atomic mass is 32.2. The SMILES string of the molecule is Cn1c(=O)oc2cc(S(=O)(=O)N[C@H]3C[C@H]3c3ccccc3)ccc21. The molecule has 124 valence electrons. The molecule has 1 aliphatic carbocycles. The van der Waals surface area contributed by atoms with Crippen LogP contribution in [0.15, 0.2) is 62.6 Å². The Morgan fingerprint density at radius 2 is 1.92 bits per heavy atom. The third-order valence-electron chi connectivity index (χ3n) is 4.40. The van der Waals surface area contributed by atoms with Gasteiger partial charge in [0.1, 0.15) is 0 Å². The number of hydrogen-bond donors (Lipinski definition) is 1. The molecule has 0 radical (unpaired) electrons. The Hall–Kier alpha value is -2.38. The Morgan fingerprint density at radius 3 is 2.67 bits per heavy atom. The summed E-state index contributed by atoms with van der Waals surface area (Å²) < 4.78 is 34.2. The number of aromatic nitrogens is 1. The van der Waals surface area contributed by atoms with Crippen LogP contribution in [-0.2, 0) is 17.1 Å². The summed E-state index contributed by atoms with van der Waals surface area (Å²) in [4.78, 5) is 11.6. The molecule has 1 aromatic heterocycles. The summed E-state index contributed by atoms with van der Waals surface area (Å²) in [6.45, 7) is 0. The predicted octanol–water partition coefficient (Wildman–Crippen LogP) is 1.97. The summed E-state index contributed by atoms with van der Waals surface area (Å²) in [5.74, 6) is -0.307. The highest BCUT2D eigenvalue weighted by Crippen LogP contribution is 2.41. The number of oxazole rings is 1. The first-order valence-corrected chi connectivity index (χ1v) is 9.11. The van der Waals surface area contributed by atoms with E-state index in [1.807, 2.05) is 30.3 Å². The van der Waals surface area contributed by atoms with Crippen molar-refractivity contribution >= 4 is 21.1 Å². The second-order valence-corrected chi connectivity index (χ2v) is 7.75. The molecule has 7 heteroatoms. The Bertz CT molecular complexity index is 1070. The Balaban J connectivity index is 1.59. The van der Waals surface area contributed by atoms with Crippen LogP contribution < -0.4 is 10.5 Å². The van der Waals surface area contributed by atoms with Crippen molar-refractivity contribution in [3.63, 3.8) is 0 Å². The molecule has 6 nitrogen and oxygen atoms in total. The summed E-state index contributed by atoms with van der Waals surface area (Å²) in [5.41, 5.74) is 1.96. The molecule has 1 aliphatic rings. The molecule has 4 rings (SSSR count). The van der Waals surface area contributed by atoms with Gasteiger partial charge < -0.3 is 4.42 Å². The second kappa shape index (κ2) is 5.32. The minimum absolute atomic E-state index is 0.100. The lowest BCUT2D eigenvalue weighted by atomic mass is 10.1. The van der Waals surface area contributed by atoms with Gasteiger partial charge in [0.05, 0.1) is 10.4 Å². The molecule has 3 aromatic rings. The van der Waals surface area contributed by atoms with Gasteiger partial charge in [-0.1, -0.05) is 30.3 Å². The normalized spacial score (nSPS) is 20.4. The lowest BCUT2D eigenvalue weighted by Crippen LogP contribution is -2.26. The molecular formula is C17H16N2O4S. The lowest BCUT2D eigenvalue weighted by Gasteiger charge is -2.06. The van der Waals surface area contributed by atoms with Crippen molar-refractivity contribution in [3.8, 4) is 0 Å². The van der Waals surface area contributed by atoms with Gasteiger partial charge >= 0.3 is 5.76 Å². The van der Waals surface area contributed by atoms with Gasteiger partial charge in [0, 0.05) is 25.1 Å². The fourth-order valence-corrected chi connectivity index (χ4v) is 4.25. The number of aryl methyl sites for hydroxylation is 1. The molecule has 1 heterocycles. The van der Waals surface area contributed by atoms with Crippen LogP contribution >= 0.6 is 0 Å². The Kier molecular flexibility index (Phi) is 3.36. The van der Waals surface area contributed by atoms with E-state index in [9.17, 15) is 13.2 Å². The molecule has 0 unspecified atom stereocenters. The van der Waals surface area contributed by atoms with Crippen LogP contribution in [0.25, 0.3) is 11.1 Å². The zero-order valence-corrected chi connectivity index (χ0v) is 13.8. The van der Waals surface area contributed by atoms with Gasteiger partial charge in [-0.2, -0.15) is 0 Å². The quantitative estimate of drug-likeness (QED) is 0.784. The van der Waals surface area contributed by atoms with Crippen LogP contribution in [0.3, 0.4) is 0 Å². The van der Waals surface area contributed by atoms with Crippen molar-refractivity contribution in [2.24, 2.45) is 7.05 Å². The van der Waals surface area contributed by atoms with Crippen LogP contribution in [0.1, 0.15) is 17.9 Å². The zero-order valence-electron chi connectivity index (χ0n) is 13.0. The summed E-state index contributed by atoms with van der Waals surface area (Å²) in [7, 11) is -2.08. The average molecular weight is 344 g/mol. The highest BCUT2D eigenvalue weighted by Gasteiger charge is 2.41. The van der Waals surface area contributed by atoms with E-state index in [0.29, 0.717) is 5.52 Å². The topological polar surface area (TPSA) is 81.3 Å². The van der Waals surface area contributed by atoms with Crippen molar-refractivity contribution in [1.29, 1.82) is 0 Å². The molecule has 0 amide bonds. The third kappa shape index (κ3) is 2.55. The van der Waals surface area contributed by atoms with E-state index in [-0.39, 0.29) is 22.4 Å². The minimum Gasteiger partial charge on any atom is -0.408 e. The molecule has 2 atom stereocenters. The van der Waals surface area contributed by atoms with Gasteiger partial charge in [0.25, 0.3) is 0 Å². The zero-order chi connectivity index (χ0) is 16.9. The summed E-state index contributed by atoms with van der Waals surface area (Å²) in [5, 5.41) is 0. The van der Waals surface area contributed by atoms with E-state index in [4.69, 9.17) is 4.42 Å². The number of sulfonamides is 1. The molecule has 1 saturated carbocycles. The van der Waals surface area contributed by atoms with Crippen molar-refractivity contribution in [1.82, 2.24) is 9.29 Å². The third-order valence-corrected chi connectivity index (χ3v) is 5.89. The summed E-state index contributed by atoms with van der Waals surface area (Å²) in [6.07, 6.45) is 0.784. The van der Waals surface area contributed by atoms with E-state index in [0.717, 1.165) is 12.0 Å². The maximum absolute atomic E-state index is 12.6. The van der Waals surface area contributed by atoms with Gasteiger partial charge in [-0.25, -0.2) is 17.9 Å². The van der Waals surface area contributed by atoms with Crippen LogP contribution in [0.5, 0.6) is 0 Å². The van der Waals surface area contributed by atoms with Gasteiger partial charge in [-0.05, 0) is 24.1 Å². The summed E-state index contributed by atoms with van der Waals surface area (Å²) in [6, 6.07) is 14.2. The number of rotatable bonds is 4. The van der Waals surface area contributed by atoms with E-state index < -0.39 is 15.8 Å². The van der Waals surface area contributed by atoms with E-state index in [2.05, 4.69) is 4.72 Å². The van der Waals surface area contributed by atoms with Crippen LogP contribution in [0.4, 0.5) is 0 Å². The standard InChI is InChI=1S/C17H16N2O4S/c1-19-15-8-7-12(9-16(15)23-17(19)20)24(21,22)18-14-10-13(14)11-5-3-2-4-6-11/h2-9,13-14,18H,10H2,1H3/t13-,14-/m0/s1. The molecule has 0 aliphatic heterocycles. The molecule has 0 saturated heterocycles. The maximum Gasteiger partial charge on any atom is 0.419 e. The predicted molar refractivity (Wildman–Crippen MR) is 89.4 cm³/mol. The van der Waals surface area contributed by atoms with E-state index in [1.165, 1.54) is 16.7 Å². The van der Waals surface area contributed by atoms with E-state index in [1.54, 1.807) is 13.1 Å². The monoisotopic (exact) mass is 344 g/mol. The fraction of sp³-hybridized carbons (Fsp3) is 0.235.